The lowest BCUT2D eigenvalue weighted by molar-refractivity contribution is 0.0758. The maximum atomic E-state index is 6.67. The standard InChI is InChI=1S/C17H28B2/c1-16(2,3)17(18,19)14-10-12-8-4-6-11-7-5-9-13(14)15(11)12/h11-15H,4-10H2,1-3H3. The lowest BCUT2D eigenvalue weighted by Gasteiger charge is -2.49. The average molecular weight is 254 g/mol. The van der Waals surface area contributed by atoms with Crippen LogP contribution in [0.1, 0.15) is 65.7 Å². The van der Waals surface area contributed by atoms with E-state index in [0.717, 1.165) is 23.7 Å². The SMILES string of the molecule is [B]C([B])(C1CC2CCCC3CCCC1C32)C(C)(C)C. The van der Waals surface area contributed by atoms with E-state index in [1.54, 1.807) is 0 Å². The Kier molecular flexibility index (Phi) is 3.39. The first-order valence-electron chi connectivity index (χ1n) is 8.40. The fourth-order valence-corrected chi connectivity index (χ4v) is 5.61. The molecule has 0 aromatic rings. The second-order valence-electron chi connectivity index (χ2n) is 8.65. The molecular weight excluding hydrogens is 226 g/mol. The minimum absolute atomic E-state index is 0.00188. The maximum Gasteiger partial charge on any atom is 0.0631 e. The van der Waals surface area contributed by atoms with Gasteiger partial charge in [-0.15, -0.1) is 0 Å². The van der Waals surface area contributed by atoms with Crippen molar-refractivity contribution >= 4 is 15.7 Å². The number of hydrogen-bond donors (Lipinski definition) is 0. The van der Waals surface area contributed by atoms with Gasteiger partial charge in [-0.25, -0.2) is 0 Å². The van der Waals surface area contributed by atoms with Gasteiger partial charge < -0.3 is 0 Å². The Balaban J connectivity index is 1.88. The smallest absolute Gasteiger partial charge is 0.0631 e. The fourth-order valence-electron chi connectivity index (χ4n) is 5.61. The molecule has 19 heavy (non-hydrogen) atoms. The van der Waals surface area contributed by atoms with E-state index in [9.17, 15) is 0 Å². The van der Waals surface area contributed by atoms with Crippen molar-refractivity contribution in [3.8, 4) is 0 Å². The summed E-state index contributed by atoms with van der Waals surface area (Å²) in [5.41, 5.74) is -0.00188. The van der Waals surface area contributed by atoms with Crippen molar-refractivity contribution in [2.75, 3.05) is 0 Å². The van der Waals surface area contributed by atoms with Crippen LogP contribution in [0.15, 0.2) is 0 Å². The van der Waals surface area contributed by atoms with Gasteiger partial charge in [0, 0.05) is 0 Å². The van der Waals surface area contributed by atoms with Crippen LogP contribution in [-0.4, -0.2) is 15.7 Å². The molecule has 0 bridgehead atoms. The molecular formula is C17H28B2. The van der Waals surface area contributed by atoms with E-state index in [1.165, 1.54) is 44.9 Å². The molecule has 3 aliphatic carbocycles. The van der Waals surface area contributed by atoms with Crippen LogP contribution in [0.4, 0.5) is 0 Å². The Hall–Kier alpha value is 0.130. The normalized spacial score (nSPS) is 43.0. The van der Waals surface area contributed by atoms with Crippen molar-refractivity contribution < 1.29 is 0 Å². The van der Waals surface area contributed by atoms with E-state index < -0.39 is 5.21 Å². The van der Waals surface area contributed by atoms with Gasteiger partial charge >= 0.3 is 0 Å². The molecule has 4 radical (unpaired) electrons. The largest absolute Gasteiger partial charge is 0.0913 e. The topological polar surface area (TPSA) is 0 Å². The highest BCUT2D eigenvalue weighted by molar-refractivity contribution is 6.40. The average Bonchev–Trinajstić information content (AvgIpc) is 2.70. The van der Waals surface area contributed by atoms with Crippen LogP contribution in [0.2, 0.25) is 5.21 Å². The molecule has 0 amide bonds. The molecule has 2 heteroatoms. The van der Waals surface area contributed by atoms with Crippen molar-refractivity contribution in [3.05, 3.63) is 0 Å². The van der Waals surface area contributed by atoms with E-state index in [1.807, 2.05) is 0 Å². The molecule has 0 spiro atoms. The van der Waals surface area contributed by atoms with Crippen LogP contribution >= 0.6 is 0 Å². The lowest BCUT2D eigenvalue weighted by Crippen LogP contribution is -2.41. The second kappa shape index (κ2) is 4.57. The zero-order valence-corrected chi connectivity index (χ0v) is 13.0. The van der Waals surface area contributed by atoms with E-state index in [4.69, 9.17) is 15.7 Å². The number of hydrogen-bond acceptors (Lipinski definition) is 0. The minimum atomic E-state index is -0.503. The summed E-state index contributed by atoms with van der Waals surface area (Å²) in [6.45, 7) is 6.65. The molecule has 0 aromatic carbocycles. The van der Waals surface area contributed by atoms with E-state index >= 15 is 0 Å². The Labute approximate surface area is 122 Å². The quantitative estimate of drug-likeness (QED) is 0.610. The van der Waals surface area contributed by atoms with Crippen LogP contribution < -0.4 is 0 Å². The monoisotopic (exact) mass is 254 g/mol. The van der Waals surface area contributed by atoms with Crippen molar-refractivity contribution in [1.82, 2.24) is 0 Å². The third kappa shape index (κ3) is 2.12. The van der Waals surface area contributed by atoms with Gasteiger partial charge in [-0.3, -0.25) is 0 Å². The molecule has 0 heterocycles. The van der Waals surface area contributed by atoms with Crippen LogP contribution in [0.3, 0.4) is 0 Å². The molecule has 0 N–H and O–H groups in total. The molecule has 102 valence electrons. The Morgan fingerprint density at radius 3 is 2.05 bits per heavy atom. The van der Waals surface area contributed by atoms with Gasteiger partial charge in [0.2, 0.25) is 0 Å². The van der Waals surface area contributed by atoms with Crippen LogP contribution in [0.25, 0.3) is 0 Å². The van der Waals surface area contributed by atoms with Crippen LogP contribution in [-0.2, 0) is 0 Å². The summed E-state index contributed by atoms with van der Waals surface area (Å²) in [6.07, 6.45) is 9.93. The summed E-state index contributed by atoms with van der Waals surface area (Å²) in [5, 5.41) is -0.503. The number of rotatable bonds is 1. The van der Waals surface area contributed by atoms with Crippen LogP contribution in [0.5, 0.6) is 0 Å². The second-order valence-corrected chi connectivity index (χ2v) is 8.65. The summed E-state index contributed by atoms with van der Waals surface area (Å²) in [6, 6.07) is 0. The molecule has 5 atom stereocenters. The Morgan fingerprint density at radius 2 is 1.42 bits per heavy atom. The Morgan fingerprint density at radius 1 is 0.842 bits per heavy atom. The zero-order valence-electron chi connectivity index (χ0n) is 13.0. The molecule has 0 aromatic heterocycles. The van der Waals surface area contributed by atoms with Gasteiger partial charge in [0.05, 0.1) is 15.7 Å². The van der Waals surface area contributed by atoms with Crippen molar-refractivity contribution in [3.63, 3.8) is 0 Å². The molecule has 0 aliphatic heterocycles. The summed E-state index contributed by atoms with van der Waals surface area (Å²) < 4.78 is 0. The van der Waals surface area contributed by atoms with Crippen molar-refractivity contribution in [1.29, 1.82) is 0 Å². The van der Waals surface area contributed by atoms with Gasteiger partial charge in [0.25, 0.3) is 0 Å². The highest BCUT2D eigenvalue weighted by atomic mass is 14.6. The molecule has 3 rings (SSSR count). The third-order valence-corrected chi connectivity index (χ3v) is 6.83. The lowest BCUT2D eigenvalue weighted by atomic mass is 9.37. The summed E-state index contributed by atoms with van der Waals surface area (Å²) >= 11 is 0. The van der Waals surface area contributed by atoms with E-state index in [0.29, 0.717) is 5.92 Å². The van der Waals surface area contributed by atoms with Crippen LogP contribution in [0, 0.1) is 35.0 Å². The summed E-state index contributed by atoms with van der Waals surface area (Å²) in [5.74, 6) is 4.25. The zero-order chi connectivity index (χ0) is 13.8. The summed E-state index contributed by atoms with van der Waals surface area (Å²) in [7, 11) is 13.3. The van der Waals surface area contributed by atoms with E-state index in [2.05, 4.69) is 20.8 Å². The fraction of sp³-hybridized carbons (Fsp3) is 1.00. The minimum Gasteiger partial charge on any atom is -0.0913 e. The molecule has 0 nitrogen and oxygen atoms in total. The first-order valence-corrected chi connectivity index (χ1v) is 8.40. The predicted octanol–water partition coefficient (Wildman–Crippen LogP) is 4.34. The van der Waals surface area contributed by atoms with Gasteiger partial charge in [-0.05, 0) is 47.8 Å². The van der Waals surface area contributed by atoms with Gasteiger partial charge in [0.15, 0.2) is 0 Å². The molecule has 3 saturated carbocycles. The molecule has 3 aliphatic rings. The highest BCUT2D eigenvalue weighted by Gasteiger charge is 2.54. The van der Waals surface area contributed by atoms with Gasteiger partial charge in [-0.1, -0.05) is 58.1 Å². The van der Waals surface area contributed by atoms with Crippen molar-refractivity contribution in [2.45, 2.75) is 70.9 Å². The highest BCUT2D eigenvalue weighted by Crippen LogP contribution is 2.64. The predicted molar refractivity (Wildman–Crippen MR) is 83.4 cm³/mol. The van der Waals surface area contributed by atoms with Crippen molar-refractivity contribution in [2.24, 2.45) is 35.0 Å². The molecule has 5 unspecified atom stereocenters. The first-order chi connectivity index (χ1) is 8.82. The first kappa shape index (κ1) is 14.1. The Bertz CT molecular complexity index is 340. The summed E-state index contributed by atoms with van der Waals surface area (Å²) in [4.78, 5) is 0. The van der Waals surface area contributed by atoms with E-state index in [-0.39, 0.29) is 5.41 Å². The molecule has 0 saturated heterocycles. The molecule has 3 fully saturated rings. The third-order valence-electron chi connectivity index (χ3n) is 6.83. The maximum absolute atomic E-state index is 6.67. The van der Waals surface area contributed by atoms with Gasteiger partial charge in [0.1, 0.15) is 0 Å². The van der Waals surface area contributed by atoms with Gasteiger partial charge in [-0.2, -0.15) is 0 Å².